The minimum Gasteiger partial charge on any atom is -0.383 e. The number of pyridine rings is 2. The molecule has 23 heavy (non-hydrogen) atoms. The van der Waals surface area contributed by atoms with E-state index >= 15 is 0 Å². The number of hydrogen-bond acceptors (Lipinski definition) is 4. The van der Waals surface area contributed by atoms with Crippen molar-refractivity contribution in [3.8, 4) is 28.5 Å². The number of anilines is 1. The van der Waals surface area contributed by atoms with Crippen molar-refractivity contribution >= 4 is 17.4 Å². The first-order valence-corrected chi connectivity index (χ1v) is 7.05. The maximum absolute atomic E-state index is 14.3. The van der Waals surface area contributed by atoms with Crippen molar-refractivity contribution in [1.29, 1.82) is 5.26 Å². The summed E-state index contributed by atoms with van der Waals surface area (Å²) < 4.78 is 14.3. The Morgan fingerprint density at radius 3 is 2.57 bits per heavy atom. The topological polar surface area (TPSA) is 75.6 Å². The monoisotopic (exact) mass is 324 g/mol. The van der Waals surface area contributed by atoms with Gasteiger partial charge in [0.25, 0.3) is 0 Å². The van der Waals surface area contributed by atoms with Gasteiger partial charge >= 0.3 is 0 Å². The molecule has 0 aliphatic carbocycles. The molecule has 112 valence electrons. The van der Waals surface area contributed by atoms with Crippen LogP contribution in [0.4, 0.5) is 10.2 Å². The Morgan fingerprint density at radius 1 is 1.17 bits per heavy atom. The van der Waals surface area contributed by atoms with Crippen LogP contribution in [-0.2, 0) is 0 Å². The van der Waals surface area contributed by atoms with Crippen LogP contribution in [-0.4, -0.2) is 9.97 Å². The molecule has 0 spiro atoms. The Morgan fingerprint density at radius 2 is 1.91 bits per heavy atom. The summed E-state index contributed by atoms with van der Waals surface area (Å²) in [7, 11) is 0. The van der Waals surface area contributed by atoms with Gasteiger partial charge in [0.05, 0.1) is 10.7 Å². The molecule has 6 heteroatoms. The van der Waals surface area contributed by atoms with Gasteiger partial charge in [-0.1, -0.05) is 17.7 Å². The average Bonchev–Trinajstić information content (AvgIpc) is 2.55. The number of rotatable bonds is 2. The molecule has 0 atom stereocenters. The molecular weight excluding hydrogens is 315 g/mol. The molecule has 0 aliphatic rings. The molecule has 2 N–H and O–H groups in total. The molecule has 4 nitrogen and oxygen atoms in total. The lowest BCUT2D eigenvalue weighted by Gasteiger charge is -2.12. The zero-order valence-corrected chi connectivity index (χ0v) is 12.5. The number of nitrogens with zero attached hydrogens (tertiary/aromatic N) is 3. The van der Waals surface area contributed by atoms with Gasteiger partial charge in [-0.25, -0.2) is 9.37 Å². The minimum absolute atomic E-state index is 0.0242. The summed E-state index contributed by atoms with van der Waals surface area (Å²) in [5, 5.41) is 9.56. The second-order valence-corrected chi connectivity index (χ2v) is 5.17. The molecule has 0 fully saturated rings. The van der Waals surface area contributed by atoms with Gasteiger partial charge in [-0.2, -0.15) is 5.26 Å². The van der Waals surface area contributed by atoms with Gasteiger partial charge in [0.1, 0.15) is 23.3 Å². The second kappa shape index (κ2) is 6.03. The maximum atomic E-state index is 14.3. The molecule has 3 rings (SSSR count). The van der Waals surface area contributed by atoms with Gasteiger partial charge in [0, 0.05) is 29.1 Å². The minimum atomic E-state index is -0.528. The number of nitrogens with two attached hydrogens (primary N) is 1. The van der Waals surface area contributed by atoms with Crippen molar-refractivity contribution in [2.45, 2.75) is 0 Å². The van der Waals surface area contributed by atoms with E-state index in [0.717, 1.165) is 5.56 Å². The zero-order chi connectivity index (χ0) is 16.4. The molecule has 0 unspecified atom stereocenters. The first-order valence-electron chi connectivity index (χ1n) is 6.67. The zero-order valence-electron chi connectivity index (χ0n) is 11.8. The molecular formula is C17H10ClFN4. The van der Waals surface area contributed by atoms with Crippen molar-refractivity contribution in [2.24, 2.45) is 0 Å². The van der Waals surface area contributed by atoms with E-state index in [9.17, 15) is 9.65 Å². The summed E-state index contributed by atoms with van der Waals surface area (Å²) >= 11 is 6.12. The summed E-state index contributed by atoms with van der Waals surface area (Å²) in [6.07, 6.45) is 3.22. The van der Waals surface area contributed by atoms with Crippen LogP contribution < -0.4 is 5.73 Å². The molecule has 0 amide bonds. The van der Waals surface area contributed by atoms with Crippen molar-refractivity contribution in [2.75, 3.05) is 5.73 Å². The molecule has 1 aromatic carbocycles. The quantitative estimate of drug-likeness (QED) is 0.771. The third-order valence-corrected chi connectivity index (χ3v) is 3.68. The SMILES string of the molecule is N#Cc1c(-c2c(F)cccc2Cl)cc(-c2ccncc2)nc1N. The fourth-order valence-corrected chi connectivity index (χ4v) is 2.57. The van der Waals surface area contributed by atoms with Crippen LogP contribution in [0.25, 0.3) is 22.4 Å². The third kappa shape index (κ3) is 2.72. The van der Waals surface area contributed by atoms with E-state index in [-0.39, 0.29) is 22.0 Å². The van der Waals surface area contributed by atoms with Gasteiger partial charge in [-0.3, -0.25) is 4.98 Å². The first-order chi connectivity index (χ1) is 11.1. The van der Waals surface area contributed by atoms with E-state index < -0.39 is 5.82 Å². The predicted octanol–water partition coefficient (Wildman–Crippen LogP) is 4.06. The number of hydrogen-bond donors (Lipinski definition) is 1. The van der Waals surface area contributed by atoms with E-state index in [0.29, 0.717) is 11.3 Å². The van der Waals surface area contributed by atoms with E-state index in [1.165, 1.54) is 12.1 Å². The lowest BCUT2D eigenvalue weighted by atomic mass is 9.98. The smallest absolute Gasteiger partial charge is 0.142 e. The summed E-state index contributed by atoms with van der Waals surface area (Å²) in [4.78, 5) is 8.17. The fraction of sp³-hybridized carbons (Fsp3) is 0. The van der Waals surface area contributed by atoms with Crippen LogP contribution >= 0.6 is 11.6 Å². The number of nitriles is 1. The summed E-state index contributed by atoms with van der Waals surface area (Å²) in [5.74, 6) is -0.503. The highest BCUT2D eigenvalue weighted by atomic mass is 35.5. The molecule has 0 aliphatic heterocycles. The van der Waals surface area contributed by atoms with E-state index in [2.05, 4.69) is 9.97 Å². The third-order valence-electron chi connectivity index (χ3n) is 3.37. The maximum Gasteiger partial charge on any atom is 0.142 e. The molecule has 0 saturated carbocycles. The fourth-order valence-electron chi connectivity index (χ4n) is 2.31. The van der Waals surface area contributed by atoms with Crippen molar-refractivity contribution < 1.29 is 4.39 Å². The predicted molar refractivity (Wildman–Crippen MR) is 87.0 cm³/mol. The standard InChI is InChI=1S/C17H10ClFN4/c18-13-2-1-3-14(19)16(13)11-8-15(10-4-6-22-7-5-10)23-17(21)12(11)9-20/h1-8H,(H2,21,23). The first kappa shape index (κ1) is 14.9. The molecule has 0 radical (unpaired) electrons. The Kier molecular flexibility index (Phi) is 3.92. The number of halogens is 2. The summed E-state index contributed by atoms with van der Waals surface area (Å²) in [6, 6.07) is 11.4. The lowest BCUT2D eigenvalue weighted by molar-refractivity contribution is 0.631. The highest BCUT2D eigenvalue weighted by molar-refractivity contribution is 6.33. The largest absolute Gasteiger partial charge is 0.383 e. The van der Waals surface area contributed by atoms with Crippen LogP contribution in [0.5, 0.6) is 0 Å². The average molecular weight is 325 g/mol. The van der Waals surface area contributed by atoms with Crippen LogP contribution in [0.2, 0.25) is 5.02 Å². The van der Waals surface area contributed by atoms with Gasteiger partial charge < -0.3 is 5.73 Å². The Balaban J connectivity index is 2.32. The summed E-state index contributed by atoms with van der Waals surface area (Å²) in [5.41, 5.74) is 7.70. The van der Waals surface area contributed by atoms with Crippen LogP contribution in [0.1, 0.15) is 5.56 Å². The number of benzene rings is 1. The van der Waals surface area contributed by atoms with Gasteiger partial charge in [0.2, 0.25) is 0 Å². The normalized spacial score (nSPS) is 10.3. The van der Waals surface area contributed by atoms with E-state index in [1.807, 2.05) is 6.07 Å². The summed E-state index contributed by atoms with van der Waals surface area (Å²) in [6.45, 7) is 0. The number of nitrogen functional groups attached to an aromatic ring is 1. The van der Waals surface area contributed by atoms with Crippen LogP contribution in [0, 0.1) is 17.1 Å². The van der Waals surface area contributed by atoms with E-state index in [4.69, 9.17) is 17.3 Å². The molecule has 0 bridgehead atoms. The lowest BCUT2D eigenvalue weighted by Crippen LogP contribution is -2.01. The van der Waals surface area contributed by atoms with Gasteiger partial charge in [-0.15, -0.1) is 0 Å². The number of aromatic nitrogens is 2. The molecule has 3 aromatic rings. The Bertz CT molecular complexity index is 900. The van der Waals surface area contributed by atoms with Gasteiger partial charge in [0.15, 0.2) is 0 Å². The van der Waals surface area contributed by atoms with Crippen LogP contribution in [0.15, 0.2) is 48.8 Å². The highest BCUT2D eigenvalue weighted by Gasteiger charge is 2.18. The van der Waals surface area contributed by atoms with Crippen molar-refractivity contribution in [3.63, 3.8) is 0 Å². The van der Waals surface area contributed by atoms with Crippen molar-refractivity contribution in [1.82, 2.24) is 9.97 Å². The molecule has 0 saturated heterocycles. The van der Waals surface area contributed by atoms with E-state index in [1.54, 1.807) is 36.7 Å². The second-order valence-electron chi connectivity index (χ2n) is 4.76. The Hall–Kier alpha value is -2.97. The Labute approximate surface area is 137 Å². The molecule has 2 heterocycles. The van der Waals surface area contributed by atoms with Crippen LogP contribution in [0.3, 0.4) is 0 Å². The van der Waals surface area contributed by atoms with Gasteiger partial charge in [-0.05, 0) is 30.3 Å². The van der Waals surface area contributed by atoms with Crippen molar-refractivity contribution in [3.05, 3.63) is 65.2 Å². The molecule has 2 aromatic heterocycles. The highest BCUT2D eigenvalue weighted by Crippen LogP contribution is 2.36.